The minimum absolute atomic E-state index is 0.0265. The summed E-state index contributed by atoms with van der Waals surface area (Å²) < 4.78 is 1.87. The lowest BCUT2D eigenvalue weighted by atomic mass is 9.92. The summed E-state index contributed by atoms with van der Waals surface area (Å²) in [6, 6.07) is 8.42. The maximum absolute atomic E-state index is 12.8. The number of nitrogens with one attached hydrogen (secondary N) is 1. The highest BCUT2D eigenvalue weighted by Gasteiger charge is 2.17. The number of benzene rings is 1. The highest BCUT2D eigenvalue weighted by Crippen LogP contribution is 2.32. The van der Waals surface area contributed by atoms with Crippen molar-refractivity contribution < 1.29 is 4.79 Å². The van der Waals surface area contributed by atoms with E-state index < -0.39 is 0 Å². The molecule has 0 spiro atoms. The number of aryl methyl sites for hydroxylation is 2. The molecule has 0 aliphatic heterocycles. The van der Waals surface area contributed by atoms with Crippen LogP contribution in [-0.2, 0) is 17.8 Å². The molecule has 0 saturated heterocycles. The number of amides is 1. The van der Waals surface area contributed by atoms with E-state index in [9.17, 15) is 4.79 Å². The molecule has 0 bridgehead atoms. The monoisotopic (exact) mass is 380 g/mol. The van der Waals surface area contributed by atoms with Crippen molar-refractivity contribution in [3.05, 3.63) is 46.3 Å². The Labute approximate surface area is 168 Å². The molecule has 5 nitrogen and oxygen atoms in total. The Morgan fingerprint density at radius 3 is 2.32 bits per heavy atom. The first-order valence-electron chi connectivity index (χ1n) is 10.1. The van der Waals surface area contributed by atoms with Crippen LogP contribution in [0.4, 0.5) is 5.69 Å². The Morgan fingerprint density at radius 1 is 1.18 bits per heavy atom. The van der Waals surface area contributed by atoms with Gasteiger partial charge in [-0.15, -0.1) is 0 Å². The maximum atomic E-state index is 12.8. The summed E-state index contributed by atoms with van der Waals surface area (Å²) in [6.45, 7) is 13.2. The second-order valence-corrected chi connectivity index (χ2v) is 7.95. The summed E-state index contributed by atoms with van der Waals surface area (Å²) in [4.78, 5) is 12.8. The van der Waals surface area contributed by atoms with Gasteiger partial charge in [0.2, 0.25) is 5.91 Å². The summed E-state index contributed by atoms with van der Waals surface area (Å²) in [6.07, 6.45) is 1.50. The predicted molar refractivity (Wildman–Crippen MR) is 114 cm³/mol. The molecule has 0 fully saturated rings. The fourth-order valence-electron chi connectivity index (χ4n) is 3.61. The van der Waals surface area contributed by atoms with Crippen LogP contribution in [0, 0.1) is 25.2 Å². The van der Waals surface area contributed by atoms with Crippen LogP contribution in [0.1, 0.15) is 80.5 Å². The largest absolute Gasteiger partial charge is 0.326 e. The third-order valence-electron chi connectivity index (χ3n) is 5.21. The van der Waals surface area contributed by atoms with Crippen LogP contribution < -0.4 is 5.32 Å². The third-order valence-corrected chi connectivity index (χ3v) is 5.21. The van der Waals surface area contributed by atoms with Crippen LogP contribution in [0.2, 0.25) is 0 Å². The number of nitrogens with zero attached hydrogens (tertiary/aromatic N) is 3. The van der Waals surface area contributed by atoms with Crippen molar-refractivity contribution in [1.82, 2.24) is 9.78 Å². The van der Waals surface area contributed by atoms with Gasteiger partial charge in [0.1, 0.15) is 0 Å². The standard InChI is InChI=1S/C23H32N4O/c1-15(2)19-9-7-10-20(16(3)4)23(19)25-22(28)12-11-21-17(5)26-27(18(21)6)14-8-13-24/h7,9-10,15-16H,8,11-12,14H2,1-6H3,(H,25,28). The Morgan fingerprint density at radius 2 is 1.79 bits per heavy atom. The average Bonchev–Trinajstić information content (AvgIpc) is 2.91. The van der Waals surface area contributed by atoms with E-state index in [1.807, 2.05) is 18.5 Å². The van der Waals surface area contributed by atoms with Gasteiger partial charge < -0.3 is 5.32 Å². The molecule has 0 aliphatic rings. The third kappa shape index (κ3) is 5.01. The first kappa shape index (κ1) is 21.7. The normalized spacial score (nSPS) is 11.1. The first-order chi connectivity index (χ1) is 13.3. The van der Waals surface area contributed by atoms with Gasteiger partial charge in [0.05, 0.1) is 24.7 Å². The lowest BCUT2D eigenvalue weighted by Crippen LogP contribution is -2.16. The van der Waals surface area contributed by atoms with E-state index in [1.165, 1.54) is 11.1 Å². The molecule has 28 heavy (non-hydrogen) atoms. The second-order valence-electron chi connectivity index (χ2n) is 7.95. The zero-order valence-corrected chi connectivity index (χ0v) is 18.0. The lowest BCUT2D eigenvalue weighted by Gasteiger charge is -2.20. The molecule has 0 aliphatic carbocycles. The van der Waals surface area contributed by atoms with E-state index in [0.717, 1.165) is 22.6 Å². The highest BCUT2D eigenvalue weighted by molar-refractivity contribution is 5.92. The van der Waals surface area contributed by atoms with Crippen LogP contribution in [0.3, 0.4) is 0 Å². The van der Waals surface area contributed by atoms with Gasteiger partial charge in [-0.2, -0.15) is 10.4 Å². The number of aromatic nitrogens is 2. The molecule has 1 N–H and O–H groups in total. The number of anilines is 1. The molecule has 2 rings (SSSR count). The summed E-state index contributed by atoms with van der Waals surface area (Å²) in [5, 5.41) is 16.5. The fraction of sp³-hybridized carbons (Fsp3) is 0.522. The van der Waals surface area contributed by atoms with Crippen LogP contribution >= 0.6 is 0 Å². The van der Waals surface area contributed by atoms with Crippen LogP contribution in [0.15, 0.2) is 18.2 Å². The average molecular weight is 381 g/mol. The highest BCUT2D eigenvalue weighted by atomic mass is 16.1. The minimum Gasteiger partial charge on any atom is -0.326 e. The number of nitriles is 1. The summed E-state index contributed by atoms with van der Waals surface area (Å²) >= 11 is 0. The topological polar surface area (TPSA) is 70.7 Å². The summed E-state index contributed by atoms with van der Waals surface area (Å²) in [5.74, 6) is 0.715. The van der Waals surface area contributed by atoms with Gasteiger partial charge in [0.15, 0.2) is 0 Å². The molecule has 150 valence electrons. The Hall–Kier alpha value is -2.61. The number of hydrogen-bond donors (Lipinski definition) is 1. The van der Waals surface area contributed by atoms with E-state index in [0.29, 0.717) is 37.6 Å². The molecule has 1 heterocycles. The van der Waals surface area contributed by atoms with E-state index >= 15 is 0 Å². The van der Waals surface area contributed by atoms with Crippen molar-refractivity contribution in [1.29, 1.82) is 5.26 Å². The summed E-state index contributed by atoms with van der Waals surface area (Å²) in [5.41, 5.74) is 6.41. The molecule has 0 radical (unpaired) electrons. The Balaban J connectivity index is 2.14. The molecule has 2 aromatic rings. The molecule has 0 atom stereocenters. The van der Waals surface area contributed by atoms with Crippen molar-refractivity contribution >= 4 is 11.6 Å². The molecule has 0 unspecified atom stereocenters. The molecule has 1 aromatic heterocycles. The van der Waals surface area contributed by atoms with E-state index in [2.05, 4.69) is 62.4 Å². The number of carbonyl (C=O) groups excluding carboxylic acids is 1. The minimum atomic E-state index is 0.0265. The SMILES string of the molecule is Cc1nn(CCC#N)c(C)c1CCC(=O)Nc1c(C(C)C)cccc1C(C)C. The van der Waals surface area contributed by atoms with Crippen LogP contribution in [0.25, 0.3) is 0 Å². The van der Waals surface area contributed by atoms with Gasteiger partial charge in [-0.05, 0) is 48.8 Å². The van der Waals surface area contributed by atoms with Gasteiger partial charge in [-0.3, -0.25) is 9.48 Å². The Bertz CT molecular complexity index is 845. The quantitative estimate of drug-likeness (QED) is 0.681. The van der Waals surface area contributed by atoms with Crippen molar-refractivity contribution in [2.75, 3.05) is 5.32 Å². The Kier molecular flexibility index (Phi) is 7.39. The van der Waals surface area contributed by atoms with Crippen LogP contribution in [-0.4, -0.2) is 15.7 Å². The summed E-state index contributed by atoms with van der Waals surface area (Å²) in [7, 11) is 0. The van der Waals surface area contributed by atoms with Gasteiger partial charge in [0, 0.05) is 17.8 Å². The van der Waals surface area contributed by atoms with Crippen LogP contribution in [0.5, 0.6) is 0 Å². The second kappa shape index (κ2) is 9.54. The zero-order valence-electron chi connectivity index (χ0n) is 18.0. The smallest absolute Gasteiger partial charge is 0.224 e. The molecule has 1 amide bonds. The van der Waals surface area contributed by atoms with E-state index in [4.69, 9.17) is 5.26 Å². The van der Waals surface area contributed by atoms with Gasteiger partial charge in [-0.1, -0.05) is 45.9 Å². The molecule has 0 saturated carbocycles. The molecule has 1 aromatic carbocycles. The van der Waals surface area contributed by atoms with Gasteiger partial charge in [0.25, 0.3) is 0 Å². The fourth-order valence-corrected chi connectivity index (χ4v) is 3.61. The number of hydrogen-bond acceptors (Lipinski definition) is 3. The van der Waals surface area contributed by atoms with Crippen molar-refractivity contribution in [2.24, 2.45) is 0 Å². The van der Waals surface area contributed by atoms with Gasteiger partial charge >= 0.3 is 0 Å². The van der Waals surface area contributed by atoms with Crippen molar-refractivity contribution in [3.8, 4) is 6.07 Å². The molecular weight excluding hydrogens is 348 g/mol. The maximum Gasteiger partial charge on any atom is 0.224 e. The number of para-hydroxylation sites is 1. The van der Waals surface area contributed by atoms with E-state index in [1.54, 1.807) is 0 Å². The zero-order chi connectivity index (χ0) is 20.8. The molecular formula is C23H32N4O. The number of carbonyl (C=O) groups is 1. The van der Waals surface area contributed by atoms with Gasteiger partial charge in [-0.25, -0.2) is 0 Å². The van der Waals surface area contributed by atoms with Crippen molar-refractivity contribution in [2.45, 2.75) is 79.2 Å². The predicted octanol–water partition coefficient (Wildman–Crippen LogP) is 5.23. The first-order valence-corrected chi connectivity index (χ1v) is 10.1. The lowest BCUT2D eigenvalue weighted by molar-refractivity contribution is -0.116. The molecule has 5 heteroatoms. The van der Waals surface area contributed by atoms with E-state index in [-0.39, 0.29) is 5.91 Å². The van der Waals surface area contributed by atoms with Crippen molar-refractivity contribution in [3.63, 3.8) is 0 Å². The number of rotatable bonds is 8.